The van der Waals surface area contributed by atoms with Gasteiger partial charge in [-0.1, -0.05) is 6.07 Å². The Bertz CT molecular complexity index is 1060. The number of rotatable bonds is 6. The minimum atomic E-state index is -1.80. The van der Waals surface area contributed by atoms with Gasteiger partial charge in [0.1, 0.15) is 29.9 Å². The number of β-amino-alcohol motifs (C(OH)–C–C–N with tert-alkyl or cyclic N) is 1. The second kappa shape index (κ2) is 7.18. The molecule has 0 bridgehead atoms. The van der Waals surface area contributed by atoms with Crippen molar-refractivity contribution in [1.29, 1.82) is 0 Å². The van der Waals surface area contributed by atoms with E-state index in [9.17, 15) is 24.0 Å². The van der Waals surface area contributed by atoms with Crippen LogP contribution in [0, 0.1) is 21.7 Å². The van der Waals surface area contributed by atoms with Crippen LogP contribution in [-0.2, 0) is 18.7 Å². The van der Waals surface area contributed by atoms with E-state index in [1.54, 1.807) is 11.1 Å². The van der Waals surface area contributed by atoms with Crippen molar-refractivity contribution in [2.24, 2.45) is 0 Å². The van der Waals surface area contributed by atoms with Crippen LogP contribution in [-0.4, -0.2) is 31.3 Å². The molecule has 0 aliphatic carbocycles. The van der Waals surface area contributed by atoms with Crippen molar-refractivity contribution in [3.8, 4) is 0 Å². The van der Waals surface area contributed by atoms with Crippen LogP contribution < -0.4 is 10.4 Å². The van der Waals surface area contributed by atoms with E-state index in [1.807, 2.05) is 0 Å². The van der Waals surface area contributed by atoms with Gasteiger partial charge in [0.15, 0.2) is 0 Å². The van der Waals surface area contributed by atoms with E-state index < -0.39 is 22.2 Å². The predicted molar refractivity (Wildman–Crippen MR) is 97.6 cm³/mol. The highest BCUT2D eigenvalue weighted by molar-refractivity contribution is 5.60. The Morgan fingerprint density at radius 3 is 2.76 bits per heavy atom. The van der Waals surface area contributed by atoms with Crippen molar-refractivity contribution >= 4 is 11.4 Å². The van der Waals surface area contributed by atoms with E-state index in [-0.39, 0.29) is 24.3 Å². The molecule has 1 aliphatic heterocycles. The number of aliphatic hydroxyl groups is 1. The van der Waals surface area contributed by atoms with E-state index in [1.165, 1.54) is 35.5 Å². The van der Waals surface area contributed by atoms with Gasteiger partial charge in [0.05, 0.1) is 23.7 Å². The number of anilines is 1. The lowest BCUT2D eigenvalue weighted by Crippen LogP contribution is -2.48. The van der Waals surface area contributed by atoms with Crippen LogP contribution in [0.1, 0.15) is 11.1 Å². The van der Waals surface area contributed by atoms with E-state index in [4.69, 9.17) is 0 Å². The maximum atomic E-state index is 14.5. The third-order valence-corrected chi connectivity index (χ3v) is 4.77. The Morgan fingerprint density at radius 1 is 1.24 bits per heavy atom. The number of benzene rings is 2. The van der Waals surface area contributed by atoms with Gasteiger partial charge < -0.3 is 10.1 Å². The van der Waals surface area contributed by atoms with Crippen molar-refractivity contribution in [2.45, 2.75) is 18.7 Å². The van der Waals surface area contributed by atoms with Crippen LogP contribution in [0.15, 0.2) is 49.1 Å². The second-order valence-electron chi connectivity index (χ2n) is 6.74. The fourth-order valence-electron chi connectivity index (χ4n) is 3.43. The summed E-state index contributed by atoms with van der Waals surface area (Å²) in [5.74, 6) is -1.65. The van der Waals surface area contributed by atoms with Crippen LogP contribution in [0.25, 0.3) is 0 Å². The Kier molecular flexibility index (Phi) is 4.68. The first-order valence-electron chi connectivity index (χ1n) is 8.64. The highest BCUT2D eigenvalue weighted by atomic mass is 19.1. The molecule has 0 spiro atoms. The van der Waals surface area contributed by atoms with E-state index >= 15 is 0 Å². The number of nitro benzene ring substituents is 1. The number of hydrazine groups is 1. The van der Waals surface area contributed by atoms with Gasteiger partial charge >= 0.3 is 0 Å². The number of nitro groups is 1. The topological polar surface area (TPSA) is 109 Å². The summed E-state index contributed by atoms with van der Waals surface area (Å²) in [5, 5.41) is 27.9. The third-order valence-electron chi connectivity index (χ3n) is 4.77. The van der Waals surface area contributed by atoms with Crippen molar-refractivity contribution in [3.63, 3.8) is 0 Å². The maximum Gasteiger partial charge on any atom is 0.269 e. The number of aromatic nitrogens is 3. The summed E-state index contributed by atoms with van der Waals surface area (Å²) in [7, 11) is 0. The number of fused-ring (bicyclic) bond motifs is 1. The molecule has 0 saturated carbocycles. The van der Waals surface area contributed by atoms with E-state index in [0.29, 0.717) is 23.9 Å². The summed E-state index contributed by atoms with van der Waals surface area (Å²) in [6.45, 7) is 0.0403. The average Bonchev–Trinajstić information content (AvgIpc) is 3.31. The molecule has 4 rings (SSSR count). The van der Waals surface area contributed by atoms with Gasteiger partial charge in [0, 0.05) is 30.3 Å². The Hall–Kier alpha value is -3.44. The number of hydrogen-bond acceptors (Lipinski definition) is 7. The number of nitrogens with zero attached hydrogens (tertiary/aromatic N) is 5. The molecule has 1 unspecified atom stereocenters. The van der Waals surface area contributed by atoms with Gasteiger partial charge in [-0.25, -0.2) is 23.9 Å². The maximum absolute atomic E-state index is 14.5. The summed E-state index contributed by atoms with van der Waals surface area (Å²) in [6, 6.07) is 7.32. The Balaban J connectivity index is 1.69. The zero-order chi connectivity index (χ0) is 20.6. The number of halogens is 2. The average molecular weight is 402 g/mol. The van der Waals surface area contributed by atoms with Gasteiger partial charge in [-0.05, 0) is 17.7 Å². The molecule has 11 heteroatoms. The highest BCUT2D eigenvalue weighted by Gasteiger charge is 2.37. The number of nitrogens with one attached hydrogen (secondary N) is 1. The normalized spacial score (nSPS) is 15.2. The molecular formula is C18H16F2N6O3. The zero-order valence-electron chi connectivity index (χ0n) is 15.0. The van der Waals surface area contributed by atoms with Gasteiger partial charge in [0.2, 0.25) is 0 Å². The lowest BCUT2D eigenvalue weighted by Gasteiger charge is -2.34. The monoisotopic (exact) mass is 402 g/mol. The van der Waals surface area contributed by atoms with Crippen LogP contribution in [0.2, 0.25) is 0 Å². The summed E-state index contributed by atoms with van der Waals surface area (Å²) in [6.07, 6.45) is 2.66. The molecule has 9 nitrogen and oxygen atoms in total. The van der Waals surface area contributed by atoms with Crippen molar-refractivity contribution < 1.29 is 18.8 Å². The first kappa shape index (κ1) is 18.9. The van der Waals surface area contributed by atoms with Crippen molar-refractivity contribution in [2.75, 3.05) is 11.6 Å². The molecule has 150 valence electrons. The fraction of sp³-hybridized carbons (Fsp3) is 0.222. The van der Waals surface area contributed by atoms with Crippen LogP contribution >= 0.6 is 0 Å². The third kappa shape index (κ3) is 3.65. The minimum absolute atomic E-state index is 0.0464. The van der Waals surface area contributed by atoms with Crippen LogP contribution in [0.4, 0.5) is 20.2 Å². The summed E-state index contributed by atoms with van der Waals surface area (Å²) in [4.78, 5) is 14.3. The van der Waals surface area contributed by atoms with Gasteiger partial charge in [0.25, 0.3) is 5.69 Å². The molecular weight excluding hydrogens is 386 g/mol. The summed E-state index contributed by atoms with van der Waals surface area (Å²) >= 11 is 0. The van der Waals surface area contributed by atoms with Crippen molar-refractivity contribution in [3.05, 3.63) is 81.9 Å². The molecule has 0 saturated heterocycles. The van der Waals surface area contributed by atoms with E-state index in [0.717, 1.165) is 6.07 Å². The van der Waals surface area contributed by atoms with E-state index in [2.05, 4.69) is 15.5 Å². The SMILES string of the molecule is O=[N+]([O-])c1ccc2c(c1)CNN2CC(O)(Cn1cncn1)c1ccc(F)cc1F. The molecule has 2 aromatic carbocycles. The van der Waals surface area contributed by atoms with Crippen LogP contribution in [0.3, 0.4) is 0 Å². The quantitative estimate of drug-likeness (QED) is 0.479. The van der Waals surface area contributed by atoms with Gasteiger partial charge in [-0.2, -0.15) is 5.10 Å². The Labute approximate surface area is 163 Å². The second-order valence-corrected chi connectivity index (χ2v) is 6.74. The summed E-state index contributed by atoms with van der Waals surface area (Å²) in [5.41, 5.74) is 2.37. The molecule has 2 heterocycles. The number of non-ortho nitro benzene ring substituents is 1. The standard InChI is InChI=1S/C18H16F2N6O3/c19-13-1-3-15(16(20)6-13)18(27,8-24-11-21-10-23-24)9-25-17-4-2-14(26(28)29)5-12(17)7-22-25/h1-6,10-11,22,27H,7-9H2. The molecule has 0 radical (unpaired) electrons. The highest BCUT2D eigenvalue weighted by Crippen LogP contribution is 2.33. The molecule has 1 aromatic heterocycles. The number of hydrogen-bond donors (Lipinski definition) is 2. The molecule has 0 amide bonds. The molecule has 29 heavy (non-hydrogen) atoms. The fourth-order valence-corrected chi connectivity index (χ4v) is 3.43. The lowest BCUT2D eigenvalue weighted by atomic mass is 9.92. The van der Waals surface area contributed by atoms with Crippen LogP contribution in [0.5, 0.6) is 0 Å². The predicted octanol–water partition coefficient (Wildman–Crippen LogP) is 1.88. The van der Waals surface area contributed by atoms with Gasteiger partial charge in [-0.3, -0.25) is 10.1 Å². The molecule has 0 fully saturated rings. The first-order valence-corrected chi connectivity index (χ1v) is 8.64. The summed E-state index contributed by atoms with van der Waals surface area (Å²) < 4.78 is 29.3. The Morgan fingerprint density at radius 2 is 2.07 bits per heavy atom. The minimum Gasteiger partial charge on any atom is -0.381 e. The lowest BCUT2D eigenvalue weighted by molar-refractivity contribution is -0.384. The molecule has 3 aromatic rings. The first-order chi connectivity index (χ1) is 13.9. The molecule has 2 N–H and O–H groups in total. The van der Waals surface area contributed by atoms with Crippen molar-refractivity contribution in [1.82, 2.24) is 20.2 Å². The van der Waals surface area contributed by atoms with Gasteiger partial charge in [-0.15, -0.1) is 0 Å². The smallest absolute Gasteiger partial charge is 0.269 e. The molecule has 1 atom stereocenters. The molecule has 1 aliphatic rings. The zero-order valence-corrected chi connectivity index (χ0v) is 15.0. The largest absolute Gasteiger partial charge is 0.381 e.